The van der Waals surface area contributed by atoms with Crippen molar-refractivity contribution in [3.63, 3.8) is 0 Å². The predicted molar refractivity (Wildman–Crippen MR) is 139 cm³/mol. The minimum absolute atomic E-state index is 0.0882. The molecule has 3 aliphatic rings. The highest BCUT2D eigenvalue weighted by Crippen LogP contribution is 2.58. The van der Waals surface area contributed by atoms with E-state index < -0.39 is 32.4 Å². The van der Waals surface area contributed by atoms with Crippen molar-refractivity contribution in [3.05, 3.63) is 46.9 Å². The molecule has 0 unspecified atom stereocenters. The van der Waals surface area contributed by atoms with Crippen LogP contribution in [0.4, 0.5) is 5.95 Å². The van der Waals surface area contributed by atoms with Gasteiger partial charge in [0.05, 0.1) is 25.6 Å². The van der Waals surface area contributed by atoms with Gasteiger partial charge in [-0.3, -0.25) is 18.1 Å². The molecule has 0 saturated carbocycles. The van der Waals surface area contributed by atoms with Crippen molar-refractivity contribution < 1.29 is 27.6 Å². The van der Waals surface area contributed by atoms with E-state index in [1.54, 1.807) is 32.5 Å². The lowest BCUT2D eigenvalue weighted by atomic mass is 10.2. The number of nitrogen functional groups attached to an aromatic ring is 1. The summed E-state index contributed by atoms with van der Waals surface area (Å²) in [6, 6.07) is 9.92. The van der Waals surface area contributed by atoms with Gasteiger partial charge in [-0.2, -0.15) is 4.98 Å². The van der Waals surface area contributed by atoms with Crippen LogP contribution >= 0.6 is 41.6 Å². The second-order valence-electron chi connectivity index (χ2n) is 8.57. The van der Waals surface area contributed by atoms with E-state index >= 15 is 0 Å². The van der Waals surface area contributed by atoms with E-state index in [2.05, 4.69) is 15.0 Å². The van der Waals surface area contributed by atoms with Crippen LogP contribution in [0.3, 0.4) is 0 Å². The fraction of sp³-hybridized carbons (Fsp3) is 0.476. The highest BCUT2D eigenvalue weighted by molar-refractivity contribution is 8.76. The lowest BCUT2D eigenvalue weighted by molar-refractivity contribution is -0.0850. The van der Waals surface area contributed by atoms with Crippen molar-refractivity contribution in [2.75, 3.05) is 23.8 Å². The number of benzene rings is 1. The van der Waals surface area contributed by atoms with Crippen LogP contribution in [0.2, 0.25) is 0 Å². The molecule has 3 aliphatic heterocycles. The van der Waals surface area contributed by atoms with Crippen LogP contribution in [0.1, 0.15) is 18.2 Å². The molecule has 0 spiro atoms. The van der Waals surface area contributed by atoms with E-state index in [1.165, 1.54) is 0 Å². The van der Waals surface area contributed by atoms with Crippen LogP contribution in [0.25, 0.3) is 11.2 Å². The lowest BCUT2D eigenvalue weighted by Gasteiger charge is -2.35. The molecule has 2 aromatic heterocycles. The Morgan fingerprint density at radius 3 is 2.86 bits per heavy atom. The van der Waals surface area contributed by atoms with Crippen LogP contribution in [0.15, 0.2) is 36.7 Å². The molecule has 36 heavy (non-hydrogen) atoms. The summed E-state index contributed by atoms with van der Waals surface area (Å²) in [4.78, 5) is 11.4. The zero-order valence-corrected chi connectivity index (χ0v) is 22.3. The maximum atomic E-state index is 13.5. The van der Waals surface area contributed by atoms with E-state index in [0.29, 0.717) is 40.3 Å². The molecule has 0 aliphatic carbocycles. The first-order valence-corrected chi connectivity index (χ1v) is 15.7. The molecule has 192 valence electrons. The zero-order chi connectivity index (χ0) is 24.7. The van der Waals surface area contributed by atoms with Gasteiger partial charge in [-0.15, -0.1) is 0 Å². The molecule has 3 N–H and O–H groups in total. The number of nitrogens with zero attached hydrogens (tertiary/aromatic N) is 3. The molecule has 6 rings (SSSR count). The summed E-state index contributed by atoms with van der Waals surface area (Å²) in [5.41, 5.74) is 7.93. The van der Waals surface area contributed by atoms with Crippen LogP contribution in [-0.2, 0) is 34.2 Å². The van der Waals surface area contributed by atoms with Crippen molar-refractivity contribution in [1.82, 2.24) is 19.5 Å². The fourth-order valence-corrected chi connectivity index (χ4v) is 8.73. The number of aromatic amines is 1. The van der Waals surface area contributed by atoms with Gasteiger partial charge in [0.25, 0.3) is 0 Å². The molecule has 3 aromatic rings. The van der Waals surface area contributed by atoms with E-state index in [4.69, 9.17) is 41.0 Å². The monoisotopic (exact) mass is 569 g/mol. The quantitative estimate of drug-likeness (QED) is 0.250. The normalized spacial score (nSPS) is 32.5. The number of ether oxygens (including phenoxy) is 2. The second kappa shape index (κ2) is 10.4. The molecule has 3 saturated heterocycles. The SMILES string of the molecule is Nc1nc2c(ncn2[C@H]2C[C@@H]3O[P@](=O)(O[C@@H]4CSSC[C@H]4OCc4ccccc4)OC[C@H]3O2)c(=S)[nH]1. The Morgan fingerprint density at radius 2 is 2.03 bits per heavy atom. The number of fused-ring (bicyclic) bond motifs is 2. The Kier molecular flexibility index (Phi) is 7.14. The van der Waals surface area contributed by atoms with Crippen molar-refractivity contribution in [2.24, 2.45) is 0 Å². The number of hydrogen-bond donors (Lipinski definition) is 2. The molecule has 0 amide bonds. The third-order valence-electron chi connectivity index (χ3n) is 6.14. The number of imidazole rings is 1. The van der Waals surface area contributed by atoms with E-state index in [1.807, 2.05) is 30.3 Å². The Bertz CT molecular complexity index is 1340. The number of phosphoric acid groups is 1. The first-order valence-electron chi connectivity index (χ1n) is 11.4. The average Bonchev–Trinajstić information content (AvgIpc) is 3.47. The van der Waals surface area contributed by atoms with Gasteiger partial charge in [-0.1, -0.05) is 64.1 Å². The van der Waals surface area contributed by atoms with Crippen molar-refractivity contribution in [1.29, 1.82) is 0 Å². The molecule has 15 heteroatoms. The summed E-state index contributed by atoms with van der Waals surface area (Å²) in [7, 11) is -0.456. The second-order valence-corrected chi connectivity index (χ2v) is 13.1. The van der Waals surface area contributed by atoms with Crippen LogP contribution in [0.5, 0.6) is 0 Å². The first kappa shape index (κ1) is 24.8. The molecule has 0 radical (unpaired) electrons. The van der Waals surface area contributed by atoms with Gasteiger partial charge < -0.3 is 20.2 Å². The molecule has 5 heterocycles. The number of aromatic nitrogens is 4. The maximum Gasteiger partial charge on any atom is 0.475 e. The van der Waals surface area contributed by atoms with Gasteiger partial charge in [-0.05, 0) is 5.56 Å². The van der Waals surface area contributed by atoms with Gasteiger partial charge in [0.15, 0.2) is 5.65 Å². The predicted octanol–water partition coefficient (Wildman–Crippen LogP) is 4.25. The average molecular weight is 570 g/mol. The first-order chi connectivity index (χ1) is 17.5. The Balaban J connectivity index is 1.12. The largest absolute Gasteiger partial charge is 0.475 e. The summed E-state index contributed by atoms with van der Waals surface area (Å²) >= 11 is 5.29. The van der Waals surface area contributed by atoms with E-state index in [9.17, 15) is 4.57 Å². The number of hydrogen-bond acceptors (Lipinski definition) is 12. The smallest absolute Gasteiger partial charge is 0.370 e. The van der Waals surface area contributed by atoms with E-state index in [0.717, 1.165) is 5.56 Å². The lowest BCUT2D eigenvalue weighted by Crippen LogP contribution is -2.40. The molecule has 1 aromatic carbocycles. The Labute approximate surface area is 219 Å². The Hall–Kier alpha value is -1.48. The molecule has 6 atom stereocenters. The number of H-pyrrole nitrogens is 1. The van der Waals surface area contributed by atoms with Gasteiger partial charge in [-0.25, -0.2) is 9.55 Å². The van der Waals surface area contributed by atoms with Crippen molar-refractivity contribution in [3.8, 4) is 0 Å². The standard InChI is InChI=1S/C21H24N5O6PS3/c22-21-24-19-18(20(34)25-21)23-11-26(19)17-6-13-14(30-17)8-29-33(27,31-13)32-16-10-36-35-9-15(16)28-7-12-4-2-1-3-5-12/h1-5,11,13-17H,6-10H2,(H3,22,24,25,34)/t13-,14+,15+,16+,17+,33+/m0/s1. The number of rotatable bonds is 6. The Morgan fingerprint density at radius 1 is 1.22 bits per heavy atom. The minimum atomic E-state index is -3.82. The number of phosphoric ester groups is 1. The summed E-state index contributed by atoms with van der Waals surface area (Å²) in [5.74, 6) is 1.52. The van der Waals surface area contributed by atoms with Crippen LogP contribution in [0, 0.1) is 4.64 Å². The maximum absolute atomic E-state index is 13.5. The third-order valence-corrected chi connectivity index (χ3v) is 10.4. The summed E-state index contributed by atoms with van der Waals surface area (Å²) in [6.07, 6.45) is 0.0263. The highest BCUT2D eigenvalue weighted by Gasteiger charge is 2.49. The fourth-order valence-electron chi connectivity index (χ4n) is 4.34. The number of nitrogens with two attached hydrogens (primary N) is 1. The number of nitrogens with one attached hydrogen (secondary N) is 1. The topological polar surface area (TPSA) is 136 Å². The van der Waals surface area contributed by atoms with Crippen LogP contribution < -0.4 is 5.73 Å². The molecular formula is C21H24N5O6PS3. The van der Waals surface area contributed by atoms with Gasteiger partial charge in [0.1, 0.15) is 34.7 Å². The van der Waals surface area contributed by atoms with Crippen molar-refractivity contribution >= 4 is 58.7 Å². The number of anilines is 1. The molecular weight excluding hydrogens is 545 g/mol. The summed E-state index contributed by atoms with van der Waals surface area (Å²) in [5, 5.41) is 0. The van der Waals surface area contributed by atoms with Crippen LogP contribution in [-0.4, -0.2) is 62.0 Å². The molecule has 0 bridgehead atoms. The van der Waals surface area contributed by atoms with Gasteiger partial charge in [0.2, 0.25) is 5.95 Å². The van der Waals surface area contributed by atoms with Gasteiger partial charge in [0, 0.05) is 17.9 Å². The third kappa shape index (κ3) is 5.11. The molecule has 3 fully saturated rings. The summed E-state index contributed by atoms with van der Waals surface area (Å²) < 4.78 is 45.4. The van der Waals surface area contributed by atoms with E-state index in [-0.39, 0.29) is 18.7 Å². The summed E-state index contributed by atoms with van der Waals surface area (Å²) in [6.45, 7) is 0.537. The zero-order valence-electron chi connectivity index (χ0n) is 18.9. The van der Waals surface area contributed by atoms with Gasteiger partial charge >= 0.3 is 7.82 Å². The minimum Gasteiger partial charge on any atom is -0.370 e. The molecule has 11 nitrogen and oxygen atoms in total. The van der Waals surface area contributed by atoms with Crippen molar-refractivity contribution in [2.45, 2.75) is 43.7 Å². The highest BCUT2D eigenvalue weighted by atomic mass is 33.1.